The standard InChI is InChI=1S/C22H28O7/c1-10-16-12(29-19(10)26)8-14-21(5)15(24)6-7-20(3,4)17(21)13(28-11(2)23)9-22(14,27)18(16)25/h6-7,12-14,17-18,25,27H,8-9H2,1-5H3/t12-,13+,14-,17-,18+,21+,22-/m1/s1. The minimum Gasteiger partial charge on any atom is -0.462 e. The fourth-order valence-corrected chi connectivity index (χ4v) is 6.61. The lowest BCUT2D eigenvalue weighted by molar-refractivity contribution is -0.244. The maximum absolute atomic E-state index is 13.3. The summed E-state index contributed by atoms with van der Waals surface area (Å²) in [5, 5.41) is 23.0. The number of allylic oxidation sites excluding steroid dienone is 2. The van der Waals surface area contributed by atoms with Crippen LogP contribution in [0.5, 0.6) is 0 Å². The van der Waals surface area contributed by atoms with E-state index in [4.69, 9.17) is 9.47 Å². The van der Waals surface area contributed by atoms with Crippen LogP contribution in [0.25, 0.3) is 0 Å². The number of aliphatic hydroxyl groups is 2. The zero-order chi connectivity index (χ0) is 21.5. The summed E-state index contributed by atoms with van der Waals surface area (Å²) in [4.78, 5) is 37.2. The van der Waals surface area contributed by atoms with Gasteiger partial charge in [-0.05, 0) is 24.8 Å². The van der Waals surface area contributed by atoms with Crippen molar-refractivity contribution in [1.82, 2.24) is 0 Å². The van der Waals surface area contributed by atoms with Crippen molar-refractivity contribution in [2.45, 2.75) is 71.4 Å². The maximum Gasteiger partial charge on any atom is 0.334 e. The Balaban J connectivity index is 1.90. The summed E-state index contributed by atoms with van der Waals surface area (Å²) in [6.07, 6.45) is 0.780. The fourth-order valence-electron chi connectivity index (χ4n) is 6.61. The number of ketones is 1. The van der Waals surface area contributed by atoms with Gasteiger partial charge in [-0.2, -0.15) is 0 Å². The number of carbonyl (C=O) groups is 3. The molecular weight excluding hydrogens is 376 g/mol. The highest BCUT2D eigenvalue weighted by atomic mass is 16.6. The average molecular weight is 404 g/mol. The van der Waals surface area contributed by atoms with Gasteiger partial charge < -0.3 is 19.7 Å². The highest BCUT2D eigenvalue weighted by molar-refractivity contribution is 5.97. The molecule has 0 unspecified atom stereocenters. The molecule has 7 heteroatoms. The van der Waals surface area contributed by atoms with Crippen molar-refractivity contribution in [2.24, 2.45) is 22.7 Å². The van der Waals surface area contributed by atoms with Gasteiger partial charge in [-0.3, -0.25) is 9.59 Å². The second kappa shape index (κ2) is 6.01. The van der Waals surface area contributed by atoms with Gasteiger partial charge in [0.2, 0.25) is 0 Å². The van der Waals surface area contributed by atoms with Crippen molar-refractivity contribution in [3.05, 3.63) is 23.3 Å². The quantitative estimate of drug-likeness (QED) is 0.637. The number of esters is 2. The van der Waals surface area contributed by atoms with E-state index in [1.54, 1.807) is 13.8 Å². The van der Waals surface area contributed by atoms with Gasteiger partial charge in [0.1, 0.15) is 23.9 Å². The highest BCUT2D eigenvalue weighted by Gasteiger charge is 2.71. The third kappa shape index (κ3) is 2.53. The van der Waals surface area contributed by atoms with Gasteiger partial charge >= 0.3 is 11.9 Å². The van der Waals surface area contributed by atoms with Crippen LogP contribution < -0.4 is 0 Å². The largest absolute Gasteiger partial charge is 0.462 e. The third-order valence-corrected chi connectivity index (χ3v) is 7.74. The smallest absolute Gasteiger partial charge is 0.334 e. The third-order valence-electron chi connectivity index (χ3n) is 7.74. The molecule has 7 nitrogen and oxygen atoms in total. The van der Waals surface area contributed by atoms with Crippen LogP contribution in [0.3, 0.4) is 0 Å². The van der Waals surface area contributed by atoms with Gasteiger partial charge in [0.15, 0.2) is 5.78 Å². The Morgan fingerprint density at radius 1 is 1.28 bits per heavy atom. The molecule has 4 aliphatic rings. The summed E-state index contributed by atoms with van der Waals surface area (Å²) < 4.78 is 11.1. The topological polar surface area (TPSA) is 110 Å². The lowest BCUT2D eigenvalue weighted by atomic mass is 9.42. The lowest BCUT2D eigenvalue weighted by Crippen LogP contribution is -2.71. The van der Waals surface area contributed by atoms with Crippen molar-refractivity contribution >= 4 is 17.7 Å². The van der Waals surface area contributed by atoms with E-state index in [1.165, 1.54) is 13.0 Å². The SMILES string of the molecule is CC(=O)O[C@H]1C[C@]2(O)[C@@H](O)C3=C(C)C(=O)O[C@@H]3C[C@@H]2[C@@]2(C)C(=O)C=CC(C)(C)[C@@H]12. The minimum atomic E-state index is -1.72. The molecule has 0 spiro atoms. The predicted molar refractivity (Wildman–Crippen MR) is 101 cm³/mol. The van der Waals surface area contributed by atoms with Crippen LogP contribution in [0.15, 0.2) is 23.3 Å². The molecule has 2 N–H and O–H groups in total. The first-order valence-corrected chi connectivity index (χ1v) is 10.1. The maximum atomic E-state index is 13.3. The van der Waals surface area contributed by atoms with E-state index in [2.05, 4.69) is 0 Å². The molecule has 4 rings (SSSR count). The second-order valence-corrected chi connectivity index (χ2v) is 9.79. The normalized spacial score (nSPS) is 45.3. The molecule has 158 valence electrons. The van der Waals surface area contributed by atoms with Crippen LogP contribution in [-0.4, -0.2) is 51.8 Å². The van der Waals surface area contributed by atoms with E-state index in [0.29, 0.717) is 11.1 Å². The van der Waals surface area contributed by atoms with Crippen LogP contribution in [-0.2, 0) is 23.9 Å². The molecule has 0 bridgehead atoms. The fraction of sp³-hybridized carbons (Fsp3) is 0.682. The Morgan fingerprint density at radius 2 is 1.93 bits per heavy atom. The van der Waals surface area contributed by atoms with Crippen molar-refractivity contribution < 1.29 is 34.1 Å². The molecule has 0 radical (unpaired) electrons. The summed E-state index contributed by atoms with van der Waals surface area (Å²) in [6, 6.07) is 0. The van der Waals surface area contributed by atoms with Gasteiger partial charge in [0.25, 0.3) is 0 Å². The van der Waals surface area contributed by atoms with Gasteiger partial charge in [-0.25, -0.2) is 4.79 Å². The Labute approximate surface area is 169 Å². The first-order chi connectivity index (χ1) is 13.3. The van der Waals surface area contributed by atoms with E-state index >= 15 is 0 Å². The number of hydrogen-bond acceptors (Lipinski definition) is 7. The van der Waals surface area contributed by atoms with Gasteiger partial charge in [0, 0.05) is 41.7 Å². The van der Waals surface area contributed by atoms with Gasteiger partial charge in [0.05, 0.1) is 0 Å². The van der Waals surface area contributed by atoms with Crippen LogP contribution in [0, 0.1) is 22.7 Å². The van der Waals surface area contributed by atoms with Crippen LogP contribution in [0.1, 0.15) is 47.5 Å². The molecule has 0 aromatic heterocycles. The van der Waals surface area contributed by atoms with Crippen LogP contribution in [0.4, 0.5) is 0 Å². The minimum absolute atomic E-state index is 0.0130. The summed E-state index contributed by atoms with van der Waals surface area (Å²) in [5.74, 6) is -2.25. The zero-order valence-electron chi connectivity index (χ0n) is 17.4. The first kappa shape index (κ1) is 20.3. The van der Waals surface area contributed by atoms with Gasteiger partial charge in [-0.1, -0.05) is 26.8 Å². The molecule has 1 aliphatic heterocycles. The Hall–Kier alpha value is -1.99. The zero-order valence-corrected chi connectivity index (χ0v) is 17.4. The average Bonchev–Trinajstić information content (AvgIpc) is 2.87. The molecule has 0 aromatic rings. The molecule has 0 aromatic carbocycles. The summed E-state index contributed by atoms with van der Waals surface area (Å²) in [6.45, 7) is 8.60. The number of carbonyl (C=O) groups excluding carboxylic acids is 3. The van der Waals surface area contributed by atoms with E-state index in [1.807, 2.05) is 19.9 Å². The molecule has 2 fully saturated rings. The van der Waals surface area contributed by atoms with E-state index < -0.39 is 58.5 Å². The summed E-state index contributed by atoms with van der Waals surface area (Å²) in [7, 11) is 0. The van der Waals surface area contributed by atoms with Crippen LogP contribution >= 0.6 is 0 Å². The van der Waals surface area contributed by atoms with Gasteiger partial charge in [-0.15, -0.1) is 0 Å². The molecule has 1 heterocycles. The number of rotatable bonds is 1. The number of fused-ring (bicyclic) bond motifs is 4. The Morgan fingerprint density at radius 3 is 2.55 bits per heavy atom. The van der Waals surface area contributed by atoms with E-state index in [0.717, 1.165) is 0 Å². The van der Waals surface area contributed by atoms with Crippen LogP contribution in [0.2, 0.25) is 0 Å². The van der Waals surface area contributed by atoms with Crippen molar-refractivity contribution in [3.63, 3.8) is 0 Å². The first-order valence-electron chi connectivity index (χ1n) is 10.1. The summed E-state index contributed by atoms with van der Waals surface area (Å²) >= 11 is 0. The Bertz CT molecular complexity index is 868. The predicted octanol–water partition coefficient (Wildman–Crippen LogP) is 1.46. The van der Waals surface area contributed by atoms with Crippen molar-refractivity contribution in [1.29, 1.82) is 0 Å². The molecule has 29 heavy (non-hydrogen) atoms. The molecule has 0 amide bonds. The monoisotopic (exact) mass is 404 g/mol. The molecule has 0 saturated heterocycles. The van der Waals surface area contributed by atoms with Crippen molar-refractivity contribution in [3.8, 4) is 0 Å². The van der Waals surface area contributed by atoms with Crippen molar-refractivity contribution in [2.75, 3.05) is 0 Å². The molecule has 3 aliphatic carbocycles. The summed E-state index contributed by atoms with van der Waals surface area (Å²) in [5.41, 5.74) is -2.63. The highest BCUT2D eigenvalue weighted by Crippen LogP contribution is 2.64. The number of aliphatic hydroxyl groups excluding tert-OH is 1. The number of hydrogen-bond donors (Lipinski definition) is 2. The molecule has 7 atom stereocenters. The lowest BCUT2D eigenvalue weighted by Gasteiger charge is -2.63. The van der Waals surface area contributed by atoms with E-state index in [9.17, 15) is 24.6 Å². The van der Waals surface area contributed by atoms with E-state index in [-0.39, 0.29) is 18.6 Å². The Kier molecular flexibility index (Phi) is 4.21. The molecule has 2 saturated carbocycles. The molecular formula is C22H28O7. The second-order valence-electron chi connectivity index (χ2n) is 9.79. The number of ether oxygens (including phenoxy) is 2.